The smallest absolute Gasteiger partial charge is 0.186 e. The summed E-state index contributed by atoms with van der Waals surface area (Å²) in [6.45, 7) is 2.08. The number of ether oxygens (including phenoxy) is 2. The molecule has 78 valence electrons. The molecule has 0 aromatic rings. The molecule has 0 aromatic carbocycles. The molecule has 3 N–H and O–H groups in total. The molecule has 4 atom stereocenters. The summed E-state index contributed by atoms with van der Waals surface area (Å²) in [6.07, 6.45) is -2.87. The van der Waals surface area contributed by atoms with Crippen molar-refractivity contribution in [3.63, 3.8) is 0 Å². The molecule has 1 saturated heterocycles. The molecule has 0 spiro atoms. The molecular formula is C8H16O5. The quantitative estimate of drug-likeness (QED) is 0.524. The minimum atomic E-state index is -1.07. The average molecular weight is 192 g/mol. The zero-order valence-corrected chi connectivity index (χ0v) is 7.59. The van der Waals surface area contributed by atoms with Crippen LogP contribution in [0.2, 0.25) is 0 Å². The van der Waals surface area contributed by atoms with Crippen LogP contribution in [0, 0.1) is 0 Å². The Morgan fingerprint density at radius 3 is 2.46 bits per heavy atom. The van der Waals surface area contributed by atoms with E-state index in [4.69, 9.17) is 14.6 Å². The molecule has 13 heavy (non-hydrogen) atoms. The number of rotatable bonds is 4. The lowest BCUT2D eigenvalue weighted by molar-refractivity contribution is -0.169. The molecule has 0 saturated carbocycles. The highest BCUT2D eigenvalue weighted by Crippen LogP contribution is 2.21. The Labute approximate surface area is 76.9 Å². The molecule has 1 heterocycles. The molecule has 1 aliphatic heterocycles. The van der Waals surface area contributed by atoms with Crippen LogP contribution in [0.4, 0.5) is 0 Å². The fourth-order valence-electron chi connectivity index (χ4n) is 1.24. The third kappa shape index (κ3) is 2.38. The van der Waals surface area contributed by atoms with Crippen molar-refractivity contribution in [2.24, 2.45) is 0 Å². The number of aliphatic hydroxyl groups is 3. The average Bonchev–Trinajstić information content (AvgIpc) is 2.41. The Kier molecular flexibility index (Phi) is 4.08. The standard InChI is InChI=1S/C8H16O5/c1-2-3-12-8-7(11)6(10)5(4-9)13-8/h5-11H,2-4H2,1H3/t5-,6-,7+,8+/m1/s1. The van der Waals surface area contributed by atoms with Crippen LogP contribution in [-0.2, 0) is 9.47 Å². The van der Waals surface area contributed by atoms with Crippen LogP contribution in [0.5, 0.6) is 0 Å². The fraction of sp³-hybridized carbons (Fsp3) is 1.00. The fourth-order valence-corrected chi connectivity index (χ4v) is 1.24. The Bertz CT molecular complexity index is 151. The highest BCUT2D eigenvalue weighted by molar-refractivity contribution is 4.85. The summed E-state index contributed by atoms with van der Waals surface area (Å²) < 4.78 is 10.2. The van der Waals surface area contributed by atoms with E-state index in [1.54, 1.807) is 0 Å². The Hall–Kier alpha value is -0.200. The zero-order valence-electron chi connectivity index (χ0n) is 7.59. The predicted octanol–water partition coefficient (Wildman–Crippen LogP) is -1.15. The van der Waals surface area contributed by atoms with Gasteiger partial charge in [0, 0.05) is 6.61 Å². The van der Waals surface area contributed by atoms with E-state index in [1.807, 2.05) is 6.92 Å². The normalized spacial score (nSPS) is 39.7. The van der Waals surface area contributed by atoms with Crippen LogP contribution < -0.4 is 0 Å². The van der Waals surface area contributed by atoms with Crippen molar-refractivity contribution in [1.29, 1.82) is 0 Å². The SMILES string of the molecule is CCCO[C@H]1O[C@H](CO)[C@@H](O)[C@@H]1O. The molecule has 0 unspecified atom stereocenters. The van der Waals surface area contributed by atoms with Gasteiger partial charge in [0.05, 0.1) is 6.61 Å². The topological polar surface area (TPSA) is 79.2 Å². The van der Waals surface area contributed by atoms with Gasteiger partial charge in [0.1, 0.15) is 18.3 Å². The molecule has 0 radical (unpaired) electrons. The van der Waals surface area contributed by atoms with Gasteiger partial charge < -0.3 is 24.8 Å². The molecule has 1 aliphatic rings. The summed E-state index contributed by atoms with van der Waals surface area (Å²) >= 11 is 0. The van der Waals surface area contributed by atoms with E-state index >= 15 is 0 Å². The van der Waals surface area contributed by atoms with Crippen molar-refractivity contribution in [1.82, 2.24) is 0 Å². The van der Waals surface area contributed by atoms with Crippen LogP contribution >= 0.6 is 0 Å². The lowest BCUT2D eigenvalue weighted by Crippen LogP contribution is -2.34. The summed E-state index contributed by atoms with van der Waals surface area (Å²) in [6, 6.07) is 0. The second kappa shape index (κ2) is 4.88. The van der Waals surface area contributed by atoms with Crippen molar-refractivity contribution < 1.29 is 24.8 Å². The maximum atomic E-state index is 9.37. The van der Waals surface area contributed by atoms with Gasteiger partial charge in [0.15, 0.2) is 6.29 Å². The molecule has 0 aromatic heterocycles. The third-order valence-corrected chi connectivity index (χ3v) is 1.98. The van der Waals surface area contributed by atoms with E-state index in [2.05, 4.69) is 0 Å². The molecule has 5 nitrogen and oxygen atoms in total. The van der Waals surface area contributed by atoms with Gasteiger partial charge in [-0.3, -0.25) is 0 Å². The minimum absolute atomic E-state index is 0.315. The maximum Gasteiger partial charge on any atom is 0.186 e. The van der Waals surface area contributed by atoms with Crippen molar-refractivity contribution in [3.05, 3.63) is 0 Å². The lowest BCUT2D eigenvalue weighted by Gasteiger charge is -2.14. The van der Waals surface area contributed by atoms with Gasteiger partial charge in [0.2, 0.25) is 0 Å². The molecule has 5 heteroatoms. The van der Waals surface area contributed by atoms with E-state index < -0.39 is 24.6 Å². The number of hydrogen-bond donors (Lipinski definition) is 3. The van der Waals surface area contributed by atoms with Gasteiger partial charge in [0.25, 0.3) is 0 Å². The van der Waals surface area contributed by atoms with E-state index in [1.165, 1.54) is 0 Å². The first-order valence-corrected chi connectivity index (χ1v) is 4.44. The van der Waals surface area contributed by atoms with Crippen LogP contribution in [0.3, 0.4) is 0 Å². The Morgan fingerprint density at radius 1 is 1.31 bits per heavy atom. The van der Waals surface area contributed by atoms with E-state index in [-0.39, 0.29) is 6.61 Å². The van der Waals surface area contributed by atoms with Gasteiger partial charge in [-0.25, -0.2) is 0 Å². The van der Waals surface area contributed by atoms with Gasteiger partial charge in [-0.15, -0.1) is 0 Å². The van der Waals surface area contributed by atoms with Crippen molar-refractivity contribution in [2.75, 3.05) is 13.2 Å². The monoisotopic (exact) mass is 192 g/mol. The van der Waals surface area contributed by atoms with Gasteiger partial charge >= 0.3 is 0 Å². The number of hydrogen-bond acceptors (Lipinski definition) is 5. The number of aliphatic hydroxyl groups excluding tert-OH is 3. The van der Waals surface area contributed by atoms with Crippen molar-refractivity contribution in [2.45, 2.75) is 37.9 Å². The van der Waals surface area contributed by atoms with Crippen LogP contribution in [0.1, 0.15) is 13.3 Å². The van der Waals surface area contributed by atoms with Gasteiger partial charge in [-0.05, 0) is 6.42 Å². The first-order chi connectivity index (χ1) is 6.20. The summed E-state index contributed by atoms with van der Waals surface area (Å²) in [5.41, 5.74) is 0. The van der Waals surface area contributed by atoms with Crippen LogP contribution in [-0.4, -0.2) is 53.1 Å². The summed E-state index contributed by atoms with van der Waals surface area (Å²) in [5, 5.41) is 27.4. The van der Waals surface area contributed by atoms with Gasteiger partial charge in [-0.2, -0.15) is 0 Å². The molecule has 0 aliphatic carbocycles. The summed E-state index contributed by atoms with van der Waals surface area (Å²) in [4.78, 5) is 0. The van der Waals surface area contributed by atoms with E-state index in [0.717, 1.165) is 6.42 Å². The Morgan fingerprint density at radius 2 is 2.00 bits per heavy atom. The molecule has 0 bridgehead atoms. The maximum absolute atomic E-state index is 9.37. The largest absolute Gasteiger partial charge is 0.394 e. The lowest BCUT2D eigenvalue weighted by atomic mass is 10.1. The predicted molar refractivity (Wildman–Crippen MR) is 44.0 cm³/mol. The van der Waals surface area contributed by atoms with Crippen molar-refractivity contribution >= 4 is 0 Å². The first-order valence-electron chi connectivity index (χ1n) is 4.44. The molecule has 1 fully saturated rings. The second-order valence-corrected chi connectivity index (χ2v) is 3.08. The third-order valence-electron chi connectivity index (χ3n) is 1.98. The van der Waals surface area contributed by atoms with E-state index in [0.29, 0.717) is 6.61 Å². The van der Waals surface area contributed by atoms with Crippen LogP contribution in [0.25, 0.3) is 0 Å². The first kappa shape index (κ1) is 10.9. The van der Waals surface area contributed by atoms with Crippen molar-refractivity contribution in [3.8, 4) is 0 Å². The Balaban J connectivity index is 2.40. The van der Waals surface area contributed by atoms with E-state index in [9.17, 15) is 10.2 Å². The molecule has 0 amide bonds. The zero-order chi connectivity index (χ0) is 9.84. The summed E-state index contributed by atoms with van der Waals surface area (Å²) in [5.74, 6) is 0. The summed E-state index contributed by atoms with van der Waals surface area (Å²) in [7, 11) is 0. The highest BCUT2D eigenvalue weighted by Gasteiger charge is 2.42. The second-order valence-electron chi connectivity index (χ2n) is 3.08. The van der Waals surface area contributed by atoms with Crippen LogP contribution in [0.15, 0.2) is 0 Å². The minimum Gasteiger partial charge on any atom is -0.394 e. The van der Waals surface area contributed by atoms with Gasteiger partial charge in [-0.1, -0.05) is 6.92 Å². The highest BCUT2D eigenvalue weighted by atomic mass is 16.7. The molecule has 1 rings (SSSR count). The molecular weight excluding hydrogens is 176 g/mol.